The van der Waals surface area contributed by atoms with E-state index in [9.17, 15) is 0 Å². The maximum atomic E-state index is 2.32. The first-order chi connectivity index (χ1) is 8.41. The molecule has 0 aliphatic carbocycles. The molecule has 0 atom stereocenters. The topological polar surface area (TPSA) is 0 Å². The molecule has 2 aromatic rings. The fourth-order valence-corrected chi connectivity index (χ4v) is 2.42. The largest absolute Gasteiger partial charge is 0.0584 e. The van der Waals surface area contributed by atoms with E-state index in [4.69, 9.17) is 0 Å². The molecule has 0 nitrogen and oxygen atoms in total. The minimum atomic E-state index is 1.34. The van der Waals surface area contributed by atoms with Gasteiger partial charge in [-0.25, -0.2) is 0 Å². The molecule has 0 spiro atoms. The van der Waals surface area contributed by atoms with Crippen molar-refractivity contribution in [2.75, 3.05) is 0 Å². The van der Waals surface area contributed by atoms with Crippen molar-refractivity contribution in [1.82, 2.24) is 0 Å². The lowest BCUT2D eigenvalue weighted by molar-refractivity contribution is 1.22. The smallest absolute Gasteiger partial charge is 0.0149 e. The molecule has 0 radical (unpaired) electrons. The summed E-state index contributed by atoms with van der Waals surface area (Å²) < 4.78 is 0. The Labute approximate surface area is 111 Å². The summed E-state index contributed by atoms with van der Waals surface area (Å²) >= 11 is 0. The monoisotopic (exact) mass is 238 g/mol. The van der Waals surface area contributed by atoms with Gasteiger partial charge in [0, 0.05) is 0 Å². The highest BCUT2D eigenvalue weighted by Crippen LogP contribution is 2.30. The van der Waals surface area contributed by atoms with Gasteiger partial charge in [0.15, 0.2) is 0 Å². The number of hydrogen-bond acceptors (Lipinski definition) is 0. The number of hydrogen-bond donors (Lipinski definition) is 0. The normalized spacial score (nSPS) is 10.8. The van der Waals surface area contributed by atoms with E-state index in [1.54, 1.807) is 0 Å². The fraction of sp³-hybridized carbons (Fsp3) is 0.333. The Morgan fingerprint density at radius 2 is 1.22 bits per heavy atom. The molecule has 0 fully saturated rings. The lowest BCUT2D eigenvalue weighted by atomic mass is 9.90. The minimum absolute atomic E-state index is 1.34. The van der Waals surface area contributed by atoms with Gasteiger partial charge in [-0.05, 0) is 86.1 Å². The molecule has 2 rings (SSSR count). The van der Waals surface area contributed by atoms with Crippen LogP contribution in [0.15, 0.2) is 24.3 Å². The zero-order chi connectivity index (χ0) is 13.4. The highest BCUT2D eigenvalue weighted by Gasteiger charge is 2.09. The molecule has 0 unspecified atom stereocenters. The zero-order valence-electron chi connectivity index (χ0n) is 12.3. The second-order valence-corrected chi connectivity index (χ2v) is 5.42. The van der Waals surface area contributed by atoms with E-state index >= 15 is 0 Å². The summed E-state index contributed by atoms with van der Waals surface area (Å²) in [5.41, 5.74) is 11.1. The van der Waals surface area contributed by atoms with E-state index in [1.165, 1.54) is 44.5 Å². The summed E-state index contributed by atoms with van der Waals surface area (Å²) in [5, 5.41) is 0. The first-order valence-electron chi connectivity index (χ1n) is 6.57. The Morgan fingerprint density at radius 3 is 1.83 bits per heavy atom. The van der Waals surface area contributed by atoms with Gasteiger partial charge in [-0.2, -0.15) is 0 Å². The third-order valence-corrected chi connectivity index (χ3v) is 4.30. The SMILES string of the molecule is Cc1ccc(-c2cc(C)c(C)c(C)c2C)cc1C. The Bertz CT molecular complexity index is 604. The van der Waals surface area contributed by atoms with Crippen LogP contribution in [0.1, 0.15) is 33.4 Å². The van der Waals surface area contributed by atoms with Crippen LogP contribution in [-0.4, -0.2) is 0 Å². The standard InChI is InChI=1S/C18H22/c1-11-7-8-17(9-12(11)2)18-10-13(3)14(4)15(5)16(18)6/h7-10H,1-6H3. The van der Waals surface area contributed by atoms with Crippen molar-refractivity contribution in [3.63, 3.8) is 0 Å². The van der Waals surface area contributed by atoms with Crippen LogP contribution in [0.2, 0.25) is 0 Å². The summed E-state index contributed by atoms with van der Waals surface area (Å²) in [7, 11) is 0. The van der Waals surface area contributed by atoms with E-state index < -0.39 is 0 Å². The first-order valence-corrected chi connectivity index (χ1v) is 6.57. The Hall–Kier alpha value is -1.56. The summed E-state index contributed by atoms with van der Waals surface area (Å²) in [6.07, 6.45) is 0. The van der Waals surface area contributed by atoms with Crippen molar-refractivity contribution >= 4 is 0 Å². The molecule has 0 N–H and O–H groups in total. The van der Waals surface area contributed by atoms with Gasteiger partial charge in [0.1, 0.15) is 0 Å². The van der Waals surface area contributed by atoms with Crippen LogP contribution in [0.4, 0.5) is 0 Å². The Balaban J connectivity index is 2.67. The molecule has 0 saturated heterocycles. The second-order valence-electron chi connectivity index (χ2n) is 5.42. The maximum absolute atomic E-state index is 2.32. The Kier molecular flexibility index (Phi) is 3.30. The highest BCUT2D eigenvalue weighted by molar-refractivity contribution is 5.71. The third-order valence-electron chi connectivity index (χ3n) is 4.30. The average Bonchev–Trinajstić information content (AvgIpc) is 2.35. The van der Waals surface area contributed by atoms with Crippen molar-refractivity contribution in [2.24, 2.45) is 0 Å². The van der Waals surface area contributed by atoms with Gasteiger partial charge in [-0.3, -0.25) is 0 Å². The summed E-state index contributed by atoms with van der Waals surface area (Å²) in [6.45, 7) is 13.2. The average molecular weight is 238 g/mol. The Morgan fingerprint density at radius 1 is 0.556 bits per heavy atom. The van der Waals surface area contributed by atoms with Crippen molar-refractivity contribution in [1.29, 1.82) is 0 Å². The molecule has 0 heterocycles. The lowest BCUT2D eigenvalue weighted by Gasteiger charge is -2.15. The molecule has 0 aliphatic heterocycles. The van der Waals surface area contributed by atoms with Crippen LogP contribution >= 0.6 is 0 Å². The quantitative estimate of drug-likeness (QED) is 0.640. The molecule has 94 valence electrons. The molecule has 0 amide bonds. The van der Waals surface area contributed by atoms with Gasteiger partial charge in [0.25, 0.3) is 0 Å². The lowest BCUT2D eigenvalue weighted by Crippen LogP contribution is -1.95. The molecule has 0 heteroatoms. The maximum Gasteiger partial charge on any atom is -0.0149 e. The molecule has 18 heavy (non-hydrogen) atoms. The van der Waals surface area contributed by atoms with Crippen LogP contribution in [0.3, 0.4) is 0 Å². The van der Waals surface area contributed by atoms with Gasteiger partial charge in [-0.15, -0.1) is 0 Å². The van der Waals surface area contributed by atoms with Gasteiger partial charge in [0.05, 0.1) is 0 Å². The third kappa shape index (κ3) is 2.08. The predicted molar refractivity (Wildman–Crippen MR) is 80.3 cm³/mol. The fourth-order valence-electron chi connectivity index (χ4n) is 2.42. The van der Waals surface area contributed by atoms with Gasteiger partial charge >= 0.3 is 0 Å². The molecular weight excluding hydrogens is 216 g/mol. The van der Waals surface area contributed by atoms with E-state index in [-0.39, 0.29) is 0 Å². The molecule has 2 aromatic carbocycles. The number of aryl methyl sites for hydroxylation is 3. The van der Waals surface area contributed by atoms with Gasteiger partial charge < -0.3 is 0 Å². The van der Waals surface area contributed by atoms with Crippen molar-refractivity contribution < 1.29 is 0 Å². The minimum Gasteiger partial charge on any atom is -0.0584 e. The number of benzene rings is 2. The molecular formula is C18H22. The molecule has 0 bridgehead atoms. The predicted octanol–water partition coefficient (Wildman–Crippen LogP) is 5.20. The molecule has 0 aromatic heterocycles. The van der Waals surface area contributed by atoms with Crippen molar-refractivity contribution in [3.05, 3.63) is 57.6 Å². The van der Waals surface area contributed by atoms with Crippen molar-refractivity contribution in [3.8, 4) is 11.1 Å². The van der Waals surface area contributed by atoms with Gasteiger partial charge in [0.2, 0.25) is 0 Å². The molecule has 0 saturated carbocycles. The highest BCUT2D eigenvalue weighted by atomic mass is 14.1. The zero-order valence-corrected chi connectivity index (χ0v) is 12.3. The van der Waals surface area contributed by atoms with E-state index in [0.717, 1.165) is 0 Å². The van der Waals surface area contributed by atoms with Crippen LogP contribution in [-0.2, 0) is 0 Å². The summed E-state index contributed by atoms with van der Waals surface area (Å²) in [4.78, 5) is 0. The number of rotatable bonds is 1. The summed E-state index contributed by atoms with van der Waals surface area (Å²) in [6, 6.07) is 9.07. The van der Waals surface area contributed by atoms with Crippen molar-refractivity contribution in [2.45, 2.75) is 41.5 Å². The van der Waals surface area contributed by atoms with Crippen LogP contribution in [0.25, 0.3) is 11.1 Å². The van der Waals surface area contributed by atoms with Crippen LogP contribution in [0, 0.1) is 41.5 Å². The van der Waals surface area contributed by atoms with E-state index in [0.29, 0.717) is 0 Å². The first kappa shape index (κ1) is 12.9. The van der Waals surface area contributed by atoms with E-state index in [1.807, 2.05) is 0 Å². The summed E-state index contributed by atoms with van der Waals surface area (Å²) in [5.74, 6) is 0. The van der Waals surface area contributed by atoms with Crippen LogP contribution < -0.4 is 0 Å². The molecule has 0 aliphatic rings. The van der Waals surface area contributed by atoms with Gasteiger partial charge in [-0.1, -0.05) is 24.3 Å². The van der Waals surface area contributed by atoms with Crippen LogP contribution in [0.5, 0.6) is 0 Å². The van der Waals surface area contributed by atoms with E-state index in [2.05, 4.69) is 65.8 Å². The second kappa shape index (κ2) is 4.61.